The highest BCUT2D eigenvalue weighted by Crippen LogP contribution is 2.30. The van der Waals surface area contributed by atoms with Gasteiger partial charge in [0.1, 0.15) is 5.82 Å². The fraction of sp³-hybridized carbons (Fsp3) is 0.400. The van der Waals surface area contributed by atoms with Gasteiger partial charge in [-0.2, -0.15) is 0 Å². The number of rotatable bonds is 5. The first kappa shape index (κ1) is 18.2. The van der Waals surface area contributed by atoms with E-state index in [1.807, 2.05) is 13.0 Å². The number of carbonyl (C=O) groups is 1. The quantitative estimate of drug-likeness (QED) is 0.727. The lowest BCUT2D eigenvalue weighted by atomic mass is 10.2. The third kappa shape index (κ3) is 3.37. The number of amides is 1. The third-order valence-corrected chi connectivity index (χ3v) is 5.19. The minimum Gasteiger partial charge on any atom is -0.408 e. The summed E-state index contributed by atoms with van der Waals surface area (Å²) < 4.78 is 6.70. The van der Waals surface area contributed by atoms with Crippen molar-refractivity contribution in [3.63, 3.8) is 0 Å². The Kier molecular flexibility index (Phi) is 4.85. The van der Waals surface area contributed by atoms with E-state index in [4.69, 9.17) is 4.42 Å². The maximum atomic E-state index is 12.9. The summed E-state index contributed by atoms with van der Waals surface area (Å²) in [4.78, 5) is 45.9. The van der Waals surface area contributed by atoms with Gasteiger partial charge in [-0.15, -0.1) is 0 Å². The summed E-state index contributed by atoms with van der Waals surface area (Å²) in [5, 5.41) is 0. The number of aromatic nitrogens is 3. The number of hydrogen-bond donors (Lipinski definition) is 1. The van der Waals surface area contributed by atoms with Crippen LogP contribution in [-0.2, 0) is 17.8 Å². The zero-order chi connectivity index (χ0) is 19.7. The molecule has 0 bridgehead atoms. The lowest BCUT2D eigenvalue weighted by Crippen LogP contribution is -2.33. The number of fused-ring (bicyclic) bond motifs is 1. The lowest BCUT2D eigenvalue weighted by molar-refractivity contribution is -0.132. The molecule has 0 unspecified atom stereocenters. The Bertz CT molecular complexity index is 1130. The van der Waals surface area contributed by atoms with Crippen molar-refractivity contribution in [1.82, 2.24) is 19.4 Å². The molecule has 3 aromatic rings. The van der Waals surface area contributed by atoms with Crippen molar-refractivity contribution < 1.29 is 9.21 Å². The van der Waals surface area contributed by atoms with Crippen molar-refractivity contribution in [1.29, 1.82) is 0 Å². The first-order chi connectivity index (χ1) is 13.6. The third-order valence-electron chi connectivity index (χ3n) is 5.19. The van der Waals surface area contributed by atoms with Gasteiger partial charge in [0.25, 0.3) is 5.56 Å². The molecule has 4 rings (SSSR count). The maximum absolute atomic E-state index is 12.9. The van der Waals surface area contributed by atoms with Crippen LogP contribution < -0.4 is 11.3 Å². The minimum absolute atomic E-state index is 0.0655. The SMILES string of the molecule is CCc1cc(=O)[nH]c([C@@H]2CCCN2C(=O)CCn2c(=O)oc3ccccc32)n1. The fourth-order valence-corrected chi connectivity index (χ4v) is 3.79. The molecule has 1 amide bonds. The van der Waals surface area contributed by atoms with Crippen molar-refractivity contribution >= 4 is 17.0 Å². The number of benzene rings is 1. The van der Waals surface area contributed by atoms with Crippen LogP contribution in [0.5, 0.6) is 0 Å². The van der Waals surface area contributed by atoms with Gasteiger partial charge in [0.2, 0.25) is 5.91 Å². The molecular weight excluding hydrogens is 360 g/mol. The molecule has 1 aliphatic rings. The summed E-state index contributed by atoms with van der Waals surface area (Å²) in [6.07, 6.45) is 2.45. The van der Waals surface area contributed by atoms with Gasteiger partial charge in [0.05, 0.1) is 11.6 Å². The van der Waals surface area contributed by atoms with Crippen LogP contribution in [0.2, 0.25) is 0 Å². The second kappa shape index (κ2) is 7.46. The average molecular weight is 382 g/mol. The first-order valence-corrected chi connectivity index (χ1v) is 9.55. The Hall–Kier alpha value is -3.16. The van der Waals surface area contributed by atoms with E-state index in [9.17, 15) is 14.4 Å². The van der Waals surface area contributed by atoms with Crippen LogP contribution in [0.3, 0.4) is 0 Å². The summed E-state index contributed by atoms with van der Waals surface area (Å²) in [5.74, 6) is 0.0129. The number of hydrogen-bond acceptors (Lipinski definition) is 5. The van der Waals surface area contributed by atoms with Crippen LogP contribution in [-0.4, -0.2) is 31.9 Å². The molecule has 1 fully saturated rings. The Balaban J connectivity index is 1.53. The molecule has 0 aliphatic carbocycles. The van der Waals surface area contributed by atoms with Crippen molar-refractivity contribution in [3.8, 4) is 0 Å². The van der Waals surface area contributed by atoms with E-state index in [1.165, 1.54) is 10.6 Å². The molecule has 1 atom stereocenters. The second-order valence-corrected chi connectivity index (χ2v) is 6.96. The van der Waals surface area contributed by atoms with Gasteiger partial charge in [0, 0.05) is 31.3 Å². The Morgan fingerprint density at radius 2 is 2.14 bits per heavy atom. The maximum Gasteiger partial charge on any atom is 0.419 e. The van der Waals surface area contributed by atoms with Crippen LogP contribution in [0.15, 0.2) is 44.3 Å². The molecule has 3 heterocycles. The molecule has 8 heteroatoms. The zero-order valence-corrected chi connectivity index (χ0v) is 15.7. The van der Waals surface area contributed by atoms with Crippen molar-refractivity contribution in [2.45, 2.75) is 45.2 Å². The highest BCUT2D eigenvalue weighted by molar-refractivity contribution is 5.77. The number of nitrogens with one attached hydrogen (secondary N) is 1. The van der Waals surface area contributed by atoms with E-state index in [-0.39, 0.29) is 30.5 Å². The molecule has 0 radical (unpaired) electrons. The average Bonchev–Trinajstić information content (AvgIpc) is 3.30. The normalized spacial score (nSPS) is 16.8. The summed E-state index contributed by atoms with van der Waals surface area (Å²) in [7, 11) is 0. The van der Waals surface area contributed by atoms with Gasteiger partial charge >= 0.3 is 5.76 Å². The topological polar surface area (TPSA) is 101 Å². The van der Waals surface area contributed by atoms with E-state index < -0.39 is 5.76 Å². The molecule has 1 aromatic carbocycles. The van der Waals surface area contributed by atoms with Crippen LogP contribution in [0.1, 0.15) is 43.7 Å². The van der Waals surface area contributed by atoms with Gasteiger partial charge in [-0.1, -0.05) is 19.1 Å². The molecule has 146 valence electrons. The summed E-state index contributed by atoms with van der Waals surface area (Å²) >= 11 is 0. The minimum atomic E-state index is -0.464. The van der Waals surface area contributed by atoms with E-state index in [0.29, 0.717) is 29.9 Å². The summed E-state index contributed by atoms with van der Waals surface area (Å²) in [6, 6.07) is 8.41. The van der Waals surface area contributed by atoms with Crippen molar-refractivity contribution in [2.75, 3.05) is 6.54 Å². The molecular formula is C20H22N4O4. The van der Waals surface area contributed by atoms with Crippen LogP contribution in [0.4, 0.5) is 0 Å². The Morgan fingerprint density at radius 3 is 2.96 bits per heavy atom. The van der Waals surface area contributed by atoms with E-state index >= 15 is 0 Å². The smallest absolute Gasteiger partial charge is 0.408 e. The largest absolute Gasteiger partial charge is 0.419 e. The molecule has 28 heavy (non-hydrogen) atoms. The van der Waals surface area contributed by atoms with Gasteiger partial charge in [-0.25, -0.2) is 9.78 Å². The van der Waals surface area contributed by atoms with Gasteiger partial charge in [-0.3, -0.25) is 14.2 Å². The number of oxazole rings is 1. The zero-order valence-electron chi connectivity index (χ0n) is 15.7. The molecule has 1 saturated heterocycles. The van der Waals surface area contributed by atoms with Gasteiger partial charge < -0.3 is 14.3 Å². The van der Waals surface area contributed by atoms with Gasteiger partial charge in [0.15, 0.2) is 5.58 Å². The number of likely N-dealkylation sites (tertiary alicyclic amines) is 1. The Morgan fingerprint density at radius 1 is 1.32 bits per heavy atom. The van der Waals surface area contributed by atoms with Crippen LogP contribution in [0, 0.1) is 0 Å². The van der Waals surface area contributed by atoms with E-state index in [2.05, 4.69) is 9.97 Å². The molecule has 2 aromatic heterocycles. The van der Waals surface area contributed by atoms with E-state index in [0.717, 1.165) is 18.5 Å². The first-order valence-electron chi connectivity index (χ1n) is 9.55. The van der Waals surface area contributed by atoms with Crippen molar-refractivity contribution in [2.24, 2.45) is 0 Å². The number of nitrogens with zero attached hydrogens (tertiary/aromatic N) is 3. The Labute approximate surface area is 160 Å². The van der Waals surface area contributed by atoms with Crippen molar-refractivity contribution in [3.05, 3.63) is 62.8 Å². The predicted molar refractivity (Wildman–Crippen MR) is 103 cm³/mol. The number of H-pyrrole nitrogens is 1. The molecule has 1 N–H and O–H groups in total. The summed E-state index contributed by atoms with van der Waals surface area (Å²) in [6.45, 7) is 2.80. The lowest BCUT2D eigenvalue weighted by Gasteiger charge is -2.24. The molecule has 0 saturated carbocycles. The number of para-hydroxylation sites is 2. The summed E-state index contributed by atoms with van der Waals surface area (Å²) in [5.41, 5.74) is 1.71. The number of aromatic amines is 1. The standard InChI is InChI=1S/C20H22N4O4/c1-2-13-12-17(25)22-19(21-13)15-7-5-10-23(15)18(26)9-11-24-14-6-3-4-8-16(14)28-20(24)27/h3-4,6,8,12,15H,2,5,7,9-11H2,1H3,(H,21,22,25)/t15-/m0/s1. The second-order valence-electron chi connectivity index (χ2n) is 6.96. The fourth-order valence-electron chi connectivity index (χ4n) is 3.79. The molecule has 8 nitrogen and oxygen atoms in total. The predicted octanol–water partition coefficient (Wildman–Crippen LogP) is 1.99. The highest BCUT2D eigenvalue weighted by atomic mass is 16.4. The number of aryl methyl sites for hydroxylation is 2. The van der Waals surface area contributed by atoms with Crippen LogP contribution in [0.25, 0.3) is 11.1 Å². The highest BCUT2D eigenvalue weighted by Gasteiger charge is 2.31. The van der Waals surface area contributed by atoms with Crippen LogP contribution >= 0.6 is 0 Å². The number of carbonyl (C=O) groups excluding carboxylic acids is 1. The molecule has 1 aliphatic heterocycles. The monoisotopic (exact) mass is 382 g/mol. The molecule has 0 spiro atoms. The van der Waals surface area contributed by atoms with Gasteiger partial charge in [-0.05, 0) is 31.4 Å². The van der Waals surface area contributed by atoms with E-state index in [1.54, 1.807) is 23.1 Å².